The van der Waals surface area contributed by atoms with Crippen molar-refractivity contribution < 1.29 is 4.74 Å². The maximum absolute atomic E-state index is 5.54. The number of hydrogen-bond donors (Lipinski definition) is 1. The van der Waals surface area contributed by atoms with Gasteiger partial charge < -0.3 is 10.5 Å². The summed E-state index contributed by atoms with van der Waals surface area (Å²) in [5.74, 6) is 0. The van der Waals surface area contributed by atoms with Crippen LogP contribution in [-0.2, 0) is 24.3 Å². The first-order chi connectivity index (χ1) is 7.83. The summed E-state index contributed by atoms with van der Waals surface area (Å²) in [4.78, 5) is 0. The van der Waals surface area contributed by atoms with Gasteiger partial charge in [-0.1, -0.05) is 25.0 Å². The Morgan fingerprint density at radius 3 is 2.81 bits per heavy atom. The van der Waals surface area contributed by atoms with Crippen LogP contribution in [0, 0.1) is 0 Å². The van der Waals surface area contributed by atoms with Crippen LogP contribution in [0.3, 0.4) is 0 Å². The van der Waals surface area contributed by atoms with Crippen LogP contribution in [0.5, 0.6) is 0 Å². The van der Waals surface area contributed by atoms with Gasteiger partial charge in [-0.2, -0.15) is 0 Å². The molecule has 1 heterocycles. The highest BCUT2D eigenvalue weighted by Crippen LogP contribution is 2.09. The van der Waals surface area contributed by atoms with Crippen molar-refractivity contribution in [3.05, 3.63) is 11.4 Å². The zero-order chi connectivity index (χ0) is 11.8. The molecule has 92 valence electrons. The molecule has 0 bridgehead atoms. The van der Waals surface area contributed by atoms with E-state index in [0.29, 0.717) is 13.2 Å². The summed E-state index contributed by atoms with van der Waals surface area (Å²) in [6, 6.07) is 0. The summed E-state index contributed by atoms with van der Waals surface area (Å²) >= 11 is 0. The predicted octanol–water partition coefficient (Wildman–Crippen LogP) is 1.12. The predicted molar refractivity (Wildman–Crippen MR) is 63.0 cm³/mol. The van der Waals surface area contributed by atoms with Gasteiger partial charge in [0, 0.05) is 20.1 Å². The van der Waals surface area contributed by atoms with Crippen molar-refractivity contribution in [3.63, 3.8) is 0 Å². The van der Waals surface area contributed by atoms with Gasteiger partial charge >= 0.3 is 0 Å². The van der Waals surface area contributed by atoms with Gasteiger partial charge in [0.2, 0.25) is 0 Å². The van der Waals surface area contributed by atoms with E-state index in [4.69, 9.17) is 10.5 Å². The molecule has 16 heavy (non-hydrogen) atoms. The van der Waals surface area contributed by atoms with Crippen molar-refractivity contribution in [1.29, 1.82) is 0 Å². The SMILES string of the molecule is CCCCCn1nnc(CCN)c1COC. The third-order valence-corrected chi connectivity index (χ3v) is 2.55. The van der Waals surface area contributed by atoms with Crippen molar-refractivity contribution >= 4 is 0 Å². The summed E-state index contributed by atoms with van der Waals surface area (Å²) in [6.07, 6.45) is 4.34. The van der Waals surface area contributed by atoms with Crippen molar-refractivity contribution in [3.8, 4) is 0 Å². The second-order valence-corrected chi connectivity index (χ2v) is 3.88. The maximum atomic E-state index is 5.54. The van der Waals surface area contributed by atoms with Gasteiger partial charge in [-0.15, -0.1) is 5.10 Å². The van der Waals surface area contributed by atoms with E-state index >= 15 is 0 Å². The molecule has 0 aliphatic rings. The summed E-state index contributed by atoms with van der Waals surface area (Å²) in [6.45, 7) is 4.28. The summed E-state index contributed by atoms with van der Waals surface area (Å²) < 4.78 is 7.13. The molecule has 0 fully saturated rings. The van der Waals surface area contributed by atoms with Crippen LogP contribution in [0.2, 0.25) is 0 Å². The molecule has 0 unspecified atom stereocenters. The number of methoxy groups -OCH3 is 1. The van der Waals surface area contributed by atoms with Gasteiger partial charge in [0.25, 0.3) is 0 Å². The number of nitrogens with two attached hydrogens (primary N) is 1. The number of unbranched alkanes of at least 4 members (excludes halogenated alkanes) is 2. The molecule has 0 radical (unpaired) electrons. The molecule has 1 aromatic heterocycles. The van der Waals surface area contributed by atoms with Crippen LogP contribution >= 0.6 is 0 Å². The lowest BCUT2D eigenvalue weighted by Gasteiger charge is -2.06. The molecule has 0 atom stereocenters. The Bertz CT molecular complexity index is 298. The largest absolute Gasteiger partial charge is 0.378 e. The summed E-state index contributed by atoms with van der Waals surface area (Å²) in [5, 5.41) is 8.31. The minimum atomic E-state index is 0.564. The molecular formula is C11H22N4O. The number of nitrogens with zero attached hydrogens (tertiary/aromatic N) is 3. The molecule has 0 saturated carbocycles. The quantitative estimate of drug-likeness (QED) is 0.674. The molecule has 0 amide bonds. The fourth-order valence-corrected chi connectivity index (χ4v) is 1.69. The number of aromatic nitrogens is 3. The Morgan fingerprint density at radius 2 is 2.19 bits per heavy atom. The summed E-state index contributed by atoms with van der Waals surface area (Å²) in [7, 11) is 1.69. The highest BCUT2D eigenvalue weighted by molar-refractivity contribution is 5.09. The topological polar surface area (TPSA) is 66.0 Å². The second-order valence-electron chi connectivity index (χ2n) is 3.88. The monoisotopic (exact) mass is 226 g/mol. The van der Waals surface area contributed by atoms with Crippen LogP contribution in [0.25, 0.3) is 0 Å². The van der Waals surface area contributed by atoms with E-state index < -0.39 is 0 Å². The smallest absolute Gasteiger partial charge is 0.0900 e. The molecule has 0 aliphatic carbocycles. The van der Waals surface area contributed by atoms with Crippen molar-refractivity contribution in [2.24, 2.45) is 5.73 Å². The normalized spacial score (nSPS) is 10.9. The van der Waals surface area contributed by atoms with Gasteiger partial charge in [0.1, 0.15) is 0 Å². The van der Waals surface area contributed by atoms with E-state index in [1.807, 2.05) is 4.68 Å². The van der Waals surface area contributed by atoms with E-state index in [1.54, 1.807) is 7.11 Å². The second kappa shape index (κ2) is 7.35. The van der Waals surface area contributed by atoms with Crippen molar-refractivity contribution in [2.75, 3.05) is 13.7 Å². The lowest BCUT2D eigenvalue weighted by Crippen LogP contribution is -2.09. The zero-order valence-corrected chi connectivity index (χ0v) is 10.3. The zero-order valence-electron chi connectivity index (χ0n) is 10.3. The first kappa shape index (κ1) is 13.1. The van der Waals surface area contributed by atoms with Crippen LogP contribution in [0.15, 0.2) is 0 Å². The van der Waals surface area contributed by atoms with Gasteiger partial charge in [0.05, 0.1) is 18.0 Å². The average molecular weight is 226 g/mol. The Hall–Kier alpha value is -0.940. The first-order valence-electron chi connectivity index (χ1n) is 5.93. The van der Waals surface area contributed by atoms with E-state index in [-0.39, 0.29) is 0 Å². The molecule has 0 saturated heterocycles. The number of ether oxygens (including phenoxy) is 1. The molecule has 5 heteroatoms. The lowest BCUT2D eigenvalue weighted by molar-refractivity contribution is 0.175. The van der Waals surface area contributed by atoms with Crippen molar-refractivity contribution in [1.82, 2.24) is 15.0 Å². The van der Waals surface area contributed by atoms with Gasteiger partial charge in [-0.3, -0.25) is 0 Å². The Morgan fingerprint density at radius 1 is 1.38 bits per heavy atom. The molecule has 1 aromatic rings. The average Bonchev–Trinajstić information content (AvgIpc) is 2.64. The minimum Gasteiger partial charge on any atom is -0.378 e. The molecular weight excluding hydrogens is 204 g/mol. The third-order valence-electron chi connectivity index (χ3n) is 2.55. The third kappa shape index (κ3) is 3.57. The Labute approximate surface area is 97.0 Å². The molecule has 5 nitrogen and oxygen atoms in total. The number of rotatable bonds is 8. The summed E-state index contributed by atoms with van der Waals surface area (Å²) in [5.41, 5.74) is 7.58. The van der Waals surface area contributed by atoms with Crippen LogP contribution in [0.1, 0.15) is 37.6 Å². The Balaban J connectivity index is 2.66. The lowest BCUT2D eigenvalue weighted by atomic mass is 10.2. The van der Waals surface area contributed by atoms with E-state index in [9.17, 15) is 0 Å². The molecule has 0 aromatic carbocycles. The van der Waals surface area contributed by atoms with Gasteiger partial charge in [-0.05, 0) is 13.0 Å². The van der Waals surface area contributed by atoms with Gasteiger partial charge in [0.15, 0.2) is 0 Å². The van der Waals surface area contributed by atoms with Gasteiger partial charge in [-0.25, -0.2) is 4.68 Å². The fraction of sp³-hybridized carbons (Fsp3) is 0.818. The Kier molecular flexibility index (Phi) is 6.03. The van der Waals surface area contributed by atoms with E-state index in [2.05, 4.69) is 17.2 Å². The molecule has 2 N–H and O–H groups in total. The minimum absolute atomic E-state index is 0.564. The number of aryl methyl sites for hydroxylation is 1. The van der Waals surface area contributed by atoms with Crippen LogP contribution < -0.4 is 5.73 Å². The first-order valence-corrected chi connectivity index (χ1v) is 5.93. The van der Waals surface area contributed by atoms with Crippen molar-refractivity contribution in [2.45, 2.75) is 45.8 Å². The molecule has 1 rings (SSSR count). The molecule has 0 aliphatic heterocycles. The fourth-order valence-electron chi connectivity index (χ4n) is 1.69. The number of hydrogen-bond acceptors (Lipinski definition) is 4. The standard InChI is InChI=1S/C11H22N4O/c1-3-4-5-8-15-11(9-16-2)10(6-7-12)13-14-15/h3-9,12H2,1-2H3. The molecule has 0 spiro atoms. The van der Waals surface area contributed by atoms with Crippen LogP contribution in [0.4, 0.5) is 0 Å². The van der Waals surface area contributed by atoms with E-state index in [1.165, 1.54) is 12.8 Å². The highest BCUT2D eigenvalue weighted by atomic mass is 16.5. The van der Waals surface area contributed by atoms with Crippen LogP contribution in [-0.4, -0.2) is 28.6 Å². The van der Waals surface area contributed by atoms with E-state index in [0.717, 1.165) is 30.8 Å². The highest BCUT2D eigenvalue weighted by Gasteiger charge is 2.11. The maximum Gasteiger partial charge on any atom is 0.0900 e.